The largest absolute Gasteiger partial charge is 0.391 e. The van der Waals surface area contributed by atoms with Gasteiger partial charge in [-0.15, -0.1) is 11.3 Å². The van der Waals surface area contributed by atoms with Gasteiger partial charge in [-0.05, 0) is 17.7 Å². The highest BCUT2D eigenvalue weighted by Gasteiger charge is 2.02. The zero-order chi connectivity index (χ0) is 15.2. The van der Waals surface area contributed by atoms with E-state index in [-0.39, 0.29) is 5.82 Å². The average Bonchev–Trinajstić information content (AvgIpc) is 3.03. The van der Waals surface area contributed by atoms with Crippen molar-refractivity contribution < 1.29 is 9.23 Å². The summed E-state index contributed by atoms with van der Waals surface area (Å²) in [6.07, 6.45) is 1.58. The number of oxime groups is 1. The van der Waals surface area contributed by atoms with Crippen LogP contribution in [0.3, 0.4) is 0 Å². The quantitative estimate of drug-likeness (QED) is 0.513. The van der Waals surface area contributed by atoms with E-state index in [1.54, 1.807) is 29.7 Å². The second-order valence-corrected chi connectivity index (χ2v) is 5.44. The fourth-order valence-electron chi connectivity index (χ4n) is 1.84. The molecule has 1 aromatic heterocycles. The third-order valence-electron chi connectivity index (χ3n) is 2.95. The van der Waals surface area contributed by atoms with Crippen molar-refractivity contribution in [2.75, 3.05) is 0 Å². The topological polar surface area (TPSA) is 34.5 Å². The summed E-state index contributed by atoms with van der Waals surface area (Å²) in [5, 5.41) is 6.76. The molecule has 0 aliphatic heterocycles. The average molecular weight is 312 g/mol. The summed E-state index contributed by atoms with van der Waals surface area (Å²) in [7, 11) is 0. The molecule has 0 saturated heterocycles. The van der Waals surface area contributed by atoms with Crippen LogP contribution in [-0.2, 0) is 11.4 Å². The van der Waals surface area contributed by atoms with Gasteiger partial charge in [0.25, 0.3) is 0 Å². The molecule has 0 N–H and O–H groups in total. The van der Waals surface area contributed by atoms with Crippen LogP contribution in [0.1, 0.15) is 11.3 Å². The lowest BCUT2D eigenvalue weighted by molar-refractivity contribution is 0.132. The summed E-state index contributed by atoms with van der Waals surface area (Å²) < 4.78 is 12.8. The molecule has 0 atom stereocenters. The molecule has 0 bridgehead atoms. The zero-order valence-corrected chi connectivity index (χ0v) is 12.5. The van der Waals surface area contributed by atoms with Crippen molar-refractivity contribution in [3.8, 4) is 10.6 Å². The van der Waals surface area contributed by atoms with Gasteiger partial charge in [0.2, 0.25) is 0 Å². The summed E-state index contributed by atoms with van der Waals surface area (Å²) >= 11 is 1.56. The molecule has 3 nitrogen and oxygen atoms in total. The number of nitrogens with zero attached hydrogens (tertiary/aromatic N) is 2. The number of thiazole rings is 1. The molecular weight excluding hydrogens is 299 g/mol. The van der Waals surface area contributed by atoms with Crippen LogP contribution in [0.25, 0.3) is 10.6 Å². The molecule has 0 radical (unpaired) electrons. The van der Waals surface area contributed by atoms with Gasteiger partial charge in [0.05, 0.1) is 11.9 Å². The van der Waals surface area contributed by atoms with Crippen LogP contribution in [0.4, 0.5) is 4.39 Å². The first-order chi connectivity index (χ1) is 10.8. The lowest BCUT2D eigenvalue weighted by atomic mass is 10.2. The van der Waals surface area contributed by atoms with E-state index >= 15 is 0 Å². The Balaban J connectivity index is 1.57. The van der Waals surface area contributed by atoms with E-state index in [0.717, 1.165) is 21.8 Å². The minimum Gasteiger partial charge on any atom is -0.391 e. The number of aromatic nitrogens is 1. The summed E-state index contributed by atoms with van der Waals surface area (Å²) in [5.41, 5.74) is 2.70. The molecule has 5 heteroatoms. The monoisotopic (exact) mass is 312 g/mol. The standard InChI is InChI=1S/C17H13FN2OS/c18-15-8-6-13(7-9-15)11-21-19-10-16-12-22-17(20-16)14-4-2-1-3-5-14/h1-10,12H,11H2/b19-10+. The lowest BCUT2D eigenvalue weighted by Crippen LogP contribution is -1.89. The first-order valence-corrected chi connectivity index (χ1v) is 7.60. The Labute approximate surface area is 131 Å². The minimum absolute atomic E-state index is 0.261. The highest BCUT2D eigenvalue weighted by molar-refractivity contribution is 7.13. The van der Waals surface area contributed by atoms with Crippen LogP contribution in [0.15, 0.2) is 65.1 Å². The van der Waals surface area contributed by atoms with Crippen molar-refractivity contribution in [1.29, 1.82) is 0 Å². The van der Waals surface area contributed by atoms with Gasteiger partial charge in [-0.3, -0.25) is 0 Å². The molecule has 0 unspecified atom stereocenters. The molecule has 1 heterocycles. The molecule has 0 aliphatic rings. The van der Waals surface area contributed by atoms with Crippen molar-refractivity contribution in [3.05, 3.63) is 77.1 Å². The Morgan fingerprint density at radius 1 is 1.09 bits per heavy atom. The van der Waals surface area contributed by atoms with Crippen LogP contribution in [0.2, 0.25) is 0 Å². The summed E-state index contributed by atoms with van der Waals surface area (Å²) in [6.45, 7) is 0.298. The summed E-state index contributed by atoms with van der Waals surface area (Å²) in [6, 6.07) is 16.1. The molecule has 110 valence electrons. The van der Waals surface area contributed by atoms with Crippen LogP contribution in [0.5, 0.6) is 0 Å². The van der Waals surface area contributed by atoms with Crippen molar-refractivity contribution >= 4 is 17.6 Å². The fourth-order valence-corrected chi connectivity index (χ4v) is 2.62. The first-order valence-electron chi connectivity index (χ1n) is 6.72. The molecule has 3 aromatic rings. The Morgan fingerprint density at radius 2 is 1.86 bits per heavy atom. The molecule has 2 aromatic carbocycles. The van der Waals surface area contributed by atoms with Crippen molar-refractivity contribution in [2.24, 2.45) is 5.16 Å². The number of halogens is 1. The maximum atomic E-state index is 12.8. The molecule has 0 spiro atoms. The van der Waals surface area contributed by atoms with Crippen LogP contribution < -0.4 is 0 Å². The Morgan fingerprint density at radius 3 is 2.64 bits per heavy atom. The number of hydrogen-bond donors (Lipinski definition) is 0. The second kappa shape index (κ2) is 6.95. The Bertz CT molecular complexity index is 754. The molecule has 0 saturated carbocycles. The van der Waals surface area contributed by atoms with E-state index in [9.17, 15) is 4.39 Å². The smallest absolute Gasteiger partial charge is 0.142 e. The van der Waals surface area contributed by atoms with Crippen LogP contribution in [-0.4, -0.2) is 11.2 Å². The van der Waals surface area contributed by atoms with Crippen molar-refractivity contribution in [2.45, 2.75) is 6.61 Å². The van der Waals surface area contributed by atoms with E-state index in [4.69, 9.17) is 4.84 Å². The maximum absolute atomic E-state index is 12.8. The van der Waals surface area contributed by atoms with Crippen molar-refractivity contribution in [1.82, 2.24) is 4.98 Å². The third-order valence-corrected chi connectivity index (χ3v) is 3.86. The van der Waals surface area contributed by atoms with Gasteiger partial charge in [-0.25, -0.2) is 9.37 Å². The number of hydrogen-bond acceptors (Lipinski definition) is 4. The fraction of sp³-hybridized carbons (Fsp3) is 0.0588. The van der Waals surface area contributed by atoms with E-state index in [1.807, 2.05) is 35.7 Å². The van der Waals surface area contributed by atoms with Gasteiger partial charge in [0.15, 0.2) is 0 Å². The molecule has 0 amide bonds. The molecule has 0 fully saturated rings. The maximum Gasteiger partial charge on any atom is 0.142 e. The second-order valence-electron chi connectivity index (χ2n) is 4.58. The lowest BCUT2D eigenvalue weighted by Gasteiger charge is -1.98. The number of rotatable bonds is 5. The molecule has 0 aliphatic carbocycles. The predicted octanol–water partition coefficient (Wildman–Crippen LogP) is 4.50. The number of benzene rings is 2. The van der Waals surface area contributed by atoms with E-state index < -0.39 is 0 Å². The summed E-state index contributed by atoms with van der Waals surface area (Å²) in [5.74, 6) is -0.261. The van der Waals surface area contributed by atoms with Crippen molar-refractivity contribution in [3.63, 3.8) is 0 Å². The van der Waals surface area contributed by atoms with E-state index in [0.29, 0.717) is 6.61 Å². The van der Waals surface area contributed by atoms with Gasteiger partial charge in [-0.1, -0.05) is 47.6 Å². The molecule has 3 rings (SSSR count). The van der Waals surface area contributed by atoms with Gasteiger partial charge < -0.3 is 4.84 Å². The van der Waals surface area contributed by atoms with Gasteiger partial charge in [0.1, 0.15) is 17.4 Å². The highest BCUT2D eigenvalue weighted by atomic mass is 32.1. The minimum atomic E-state index is -0.261. The predicted molar refractivity (Wildman–Crippen MR) is 86.3 cm³/mol. The highest BCUT2D eigenvalue weighted by Crippen LogP contribution is 2.22. The van der Waals surface area contributed by atoms with Crippen LogP contribution >= 0.6 is 11.3 Å². The summed E-state index contributed by atoms with van der Waals surface area (Å²) in [4.78, 5) is 9.67. The molecular formula is C17H13FN2OS. The van der Waals surface area contributed by atoms with E-state index in [1.165, 1.54) is 12.1 Å². The van der Waals surface area contributed by atoms with Gasteiger partial charge in [-0.2, -0.15) is 0 Å². The van der Waals surface area contributed by atoms with Gasteiger partial charge in [0, 0.05) is 10.9 Å². The zero-order valence-electron chi connectivity index (χ0n) is 11.6. The van der Waals surface area contributed by atoms with Gasteiger partial charge >= 0.3 is 0 Å². The SMILES string of the molecule is Fc1ccc(CO/N=C/c2csc(-c3ccccc3)n2)cc1. The Kier molecular flexibility index (Phi) is 4.56. The first kappa shape index (κ1) is 14.4. The Hall–Kier alpha value is -2.53. The van der Waals surface area contributed by atoms with Crippen LogP contribution in [0, 0.1) is 5.82 Å². The van der Waals surface area contributed by atoms with E-state index in [2.05, 4.69) is 10.1 Å². The third kappa shape index (κ3) is 3.77. The molecule has 22 heavy (non-hydrogen) atoms. The normalized spacial score (nSPS) is 11.0.